The number of allylic oxidation sites excluding steroid dienone is 4. The third kappa shape index (κ3) is 57.5. The highest BCUT2D eigenvalue weighted by molar-refractivity contribution is 5.76. The number of hydrogen-bond donors (Lipinski definition) is 3. The summed E-state index contributed by atoms with van der Waals surface area (Å²) in [6.07, 6.45) is 75.0. The smallest absolute Gasteiger partial charge is 0.305 e. The van der Waals surface area contributed by atoms with Gasteiger partial charge in [0.2, 0.25) is 5.91 Å². The van der Waals surface area contributed by atoms with Gasteiger partial charge in [-0.15, -0.1) is 0 Å². The van der Waals surface area contributed by atoms with Crippen molar-refractivity contribution in [2.24, 2.45) is 0 Å². The van der Waals surface area contributed by atoms with E-state index in [1.807, 2.05) is 0 Å². The first-order chi connectivity index (χ1) is 35.0. The van der Waals surface area contributed by atoms with E-state index in [0.717, 1.165) is 51.4 Å². The number of rotatable bonds is 60. The van der Waals surface area contributed by atoms with Crippen LogP contribution in [0.2, 0.25) is 0 Å². The fourth-order valence-corrected chi connectivity index (χ4v) is 10.1. The zero-order valence-corrected chi connectivity index (χ0v) is 48.0. The second-order valence-corrected chi connectivity index (χ2v) is 22.1. The van der Waals surface area contributed by atoms with Gasteiger partial charge in [-0.05, 0) is 57.8 Å². The van der Waals surface area contributed by atoms with Crippen molar-refractivity contribution in [2.45, 2.75) is 366 Å². The molecule has 0 aromatic rings. The molecule has 0 spiro atoms. The van der Waals surface area contributed by atoms with Crippen molar-refractivity contribution in [2.75, 3.05) is 13.2 Å². The Balaban J connectivity index is 3.31. The number of amides is 1. The van der Waals surface area contributed by atoms with Gasteiger partial charge in [-0.3, -0.25) is 9.59 Å². The molecule has 0 saturated heterocycles. The van der Waals surface area contributed by atoms with Gasteiger partial charge in [0.25, 0.3) is 0 Å². The largest absolute Gasteiger partial charge is 0.466 e. The van der Waals surface area contributed by atoms with E-state index in [2.05, 4.69) is 43.5 Å². The monoisotopic (exact) mass is 1000 g/mol. The average molecular weight is 1000 g/mol. The Morgan fingerprint density at radius 3 is 1.10 bits per heavy atom. The minimum atomic E-state index is -0.660. The summed E-state index contributed by atoms with van der Waals surface area (Å²) in [6, 6.07) is -0.537. The molecule has 0 fully saturated rings. The van der Waals surface area contributed by atoms with Crippen LogP contribution < -0.4 is 5.32 Å². The number of carbonyl (C=O) groups is 2. The maximum absolute atomic E-state index is 12.4. The fourth-order valence-electron chi connectivity index (χ4n) is 10.1. The number of unbranched alkanes of at least 4 members (excludes halogenated alkanes) is 45. The number of hydrogen-bond acceptors (Lipinski definition) is 5. The van der Waals surface area contributed by atoms with Crippen molar-refractivity contribution in [3.63, 3.8) is 0 Å². The zero-order valence-electron chi connectivity index (χ0n) is 48.0. The molecule has 0 rings (SSSR count). The Bertz CT molecular complexity index is 1110. The predicted octanol–water partition coefficient (Wildman–Crippen LogP) is 20.2. The summed E-state index contributed by atoms with van der Waals surface area (Å²) in [5, 5.41) is 23.2. The summed E-state index contributed by atoms with van der Waals surface area (Å²) in [6.45, 7) is 4.93. The van der Waals surface area contributed by atoms with Crippen LogP contribution >= 0.6 is 0 Å². The van der Waals surface area contributed by atoms with E-state index in [1.165, 1.54) is 270 Å². The molecule has 2 atom stereocenters. The Labute approximate surface area is 443 Å². The van der Waals surface area contributed by atoms with Crippen LogP contribution in [0.15, 0.2) is 24.3 Å². The van der Waals surface area contributed by atoms with Crippen LogP contribution in [0.5, 0.6) is 0 Å². The van der Waals surface area contributed by atoms with Gasteiger partial charge in [-0.1, -0.05) is 308 Å². The first-order valence-electron chi connectivity index (χ1n) is 32.1. The van der Waals surface area contributed by atoms with Gasteiger partial charge in [0, 0.05) is 12.8 Å². The number of ether oxygens (including phenoxy) is 1. The molecule has 0 radical (unpaired) electrons. The normalized spacial score (nSPS) is 12.7. The Kier molecular flexibility index (Phi) is 59.5. The van der Waals surface area contributed by atoms with Crippen molar-refractivity contribution < 1.29 is 24.5 Å². The lowest BCUT2D eigenvalue weighted by Crippen LogP contribution is -2.45. The van der Waals surface area contributed by atoms with Gasteiger partial charge >= 0.3 is 5.97 Å². The van der Waals surface area contributed by atoms with E-state index in [-0.39, 0.29) is 18.5 Å². The highest BCUT2D eigenvalue weighted by atomic mass is 16.5. The van der Waals surface area contributed by atoms with Crippen LogP contribution in [0, 0.1) is 0 Å². The van der Waals surface area contributed by atoms with E-state index in [4.69, 9.17) is 4.74 Å². The third-order valence-corrected chi connectivity index (χ3v) is 15.0. The number of aliphatic hydroxyl groups excluding tert-OH is 2. The summed E-state index contributed by atoms with van der Waals surface area (Å²) in [5.41, 5.74) is 0. The lowest BCUT2D eigenvalue weighted by molar-refractivity contribution is -0.143. The fraction of sp³-hybridized carbons (Fsp3) is 0.908. The molecule has 71 heavy (non-hydrogen) atoms. The summed E-state index contributed by atoms with van der Waals surface area (Å²) >= 11 is 0. The van der Waals surface area contributed by atoms with Gasteiger partial charge in [-0.2, -0.15) is 0 Å². The van der Waals surface area contributed by atoms with Crippen LogP contribution in [0.25, 0.3) is 0 Å². The molecule has 420 valence electrons. The van der Waals surface area contributed by atoms with Gasteiger partial charge in [0.1, 0.15) is 0 Å². The van der Waals surface area contributed by atoms with E-state index in [0.29, 0.717) is 25.9 Å². The third-order valence-electron chi connectivity index (χ3n) is 15.0. The van der Waals surface area contributed by atoms with Crippen LogP contribution in [-0.4, -0.2) is 47.4 Å². The molecule has 0 bridgehead atoms. The van der Waals surface area contributed by atoms with E-state index in [1.54, 1.807) is 0 Å². The SMILES string of the molecule is CCCCC/C=C\C/C=C\CCCCCCCCCC(=O)OCCCCCCCCCCCCCCCCCCCCCCCCCCCCCC(=O)NC(CO)C(O)CCCCCCCCCCCC. The quantitative estimate of drug-likeness (QED) is 0.0320. The lowest BCUT2D eigenvalue weighted by Gasteiger charge is -2.22. The maximum Gasteiger partial charge on any atom is 0.305 e. The molecular weight excluding hydrogens is 875 g/mol. The Morgan fingerprint density at radius 1 is 0.394 bits per heavy atom. The molecule has 0 saturated carbocycles. The number of aliphatic hydroxyl groups is 2. The standard InChI is InChI=1S/C65H125NO5/c1-3-5-7-9-11-13-15-16-17-29-33-36-39-43-47-51-55-59-65(70)71-60-56-52-48-44-40-37-34-31-28-26-24-22-20-18-19-21-23-25-27-30-32-35-38-42-46-50-54-58-64(69)66-62(61-67)63(68)57-53-49-45-41-14-12-10-8-6-4-2/h11,13,16-17,62-63,67-68H,3-10,12,14-15,18-61H2,1-2H3,(H,66,69)/b13-11-,17-16-. The predicted molar refractivity (Wildman–Crippen MR) is 310 cm³/mol. The van der Waals surface area contributed by atoms with E-state index < -0.39 is 12.1 Å². The molecule has 0 aromatic carbocycles. The molecule has 0 aliphatic carbocycles. The summed E-state index contributed by atoms with van der Waals surface area (Å²) in [5.74, 6) is -0.0221. The van der Waals surface area contributed by atoms with Gasteiger partial charge < -0.3 is 20.3 Å². The lowest BCUT2D eigenvalue weighted by atomic mass is 10.0. The van der Waals surface area contributed by atoms with Crippen LogP contribution in [0.1, 0.15) is 354 Å². The van der Waals surface area contributed by atoms with Crippen molar-refractivity contribution in [1.82, 2.24) is 5.32 Å². The molecule has 0 aliphatic heterocycles. The second kappa shape index (κ2) is 60.9. The van der Waals surface area contributed by atoms with E-state index in [9.17, 15) is 19.8 Å². The van der Waals surface area contributed by atoms with Gasteiger partial charge in [0.05, 0.1) is 25.4 Å². The molecule has 0 heterocycles. The molecule has 2 unspecified atom stereocenters. The molecule has 6 heteroatoms. The maximum atomic E-state index is 12.4. The first kappa shape index (κ1) is 69.3. The highest BCUT2D eigenvalue weighted by Gasteiger charge is 2.20. The molecule has 1 amide bonds. The van der Waals surface area contributed by atoms with Gasteiger partial charge in [-0.25, -0.2) is 0 Å². The number of carbonyl (C=O) groups excluding carboxylic acids is 2. The van der Waals surface area contributed by atoms with Crippen molar-refractivity contribution in [1.29, 1.82) is 0 Å². The molecule has 0 aliphatic rings. The van der Waals surface area contributed by atoms with E-state index >= 15 is 0 Å². The van der Waals surface area contributed by atoms with Crippen LogP contribution in [0.4, 0.5) is 0 Å². The molecular formula is C65H125NO5. The second-order valence-electron chi connectivity index (χ2n) is 22.1. The van der Waals surface area contributed by atoms with Gasteiger partial charge in [0.15, 0.2) is 0 Å². The topological polar surface area (TPSA) is 95.9 Å². The minimum absolute atomic E-state index is 0.0106. The number of nitrogens with one attached hydrogen (secondary N) is 1. The number of esters is 1. The summed E-state index contributed by atoms with van der Waals surface area (Å²) in [7, 11) is 0. The highest BCUT2D eigenvalue weighted by Crippen LogP contribution is 2.18. The van der Waals surface area contributed by atoms with Crippen LogP contribution in [0.3, 0.4) is 0 Å². The minimum Gasteiger partial charge on any atom is -0.466 e. The zero-order chi connectivity index (χ0) is 51.4. The Hall–Kier alpha value is -1.66. The molecule has 0 aromatic heterocycles. The average Bonchev–Trinajstić information content (AvgIpc) is 3.37. The molecule has 6 nitrogen and oxygen atoms in total. The Morgan fingerprint density at radius 2 is 0.704 bits per heavy atom. The molecule has 3 N–H and O–H groups in total. The van der Waals surface area contributed by atoms with Crippen molar-refractivity contribution >= 4 is 11.9 Å². The van der Waals surface area contributed by atoms with Crippen molar-refractivity contribution in [3.8, 4) is 0 Å². The van der Waals surface area contributed by atoms with Crippen molar-refractivity contribution in [3.05, 3.63) is 24.3 Å². The summed E-state index contributed by atoms with van der Waals surface area (Å²) in [4.78, 5) is 24.5. The van der Waals surface area contributed by atoms with Crippen LogP contribution in [-0.2, 0) is 14.3 Å². The summed E-state index contributed by atoms with van der Waals surface area (Å²) < 4.78 is 5.49. The first-order valence-corrected chi connectivity index (χ1v) is 32.1.